The summed E-state index contributed by atoms with van der Waals surface area (Å²) in [5.41, 5.74) is 1.94. The lowest BCUT2D eigenvalue weighted by Gasteiger charge is -2.26. The van der Waals surface area contributed by atoms with Gasteiger partial charge in [0.2, 0.25) is 11.6 Å². The number of Topliss-reactive ketones (excluding diaryl/α,β-unsaturated/α-hetero) is 2. The van der Waals surface area contributed by atoms with Gasteiger partial charge >= 0.3 is 0 Å². The zero-order valence-electron chi connectivity index (χ0n) is 23.8. The Morgan fingerprint density at radius 3 is 2.05 bits per heavy atom. The van der Waals surface area contributed by atoms with E-state index < -0.39 is 11.6 Å². The van der Waals surface area contributed by atoms with Crippen molar-refractivity contribution in [1.82, 2.24) is 4.90 Å². The van der Waals surface area contributed by atoms with Crippen LogP contribution in [0.25, 0.3) is 5.76 Å². The third-order valence-corrected chi connectivity index (χ3v) is 6.49. The SMILES string of the molecule is CC(C)=CCC1=C(O)c2ccccc2C(=O)C1=O.CCCCOc1ccc(OCCCN2CCOCC2)cc1.Cl. The molecular weight excluding hydrogens is 530 g/mol. The zero-order valence-corrected chi connectivity index (χ0v) is 24.6. The average Bonchev–Trinajstić information content (AvgIpc) is 2.96. The number of unbranched alkanes of at least 4 members (excludes halogenated alkanes) is 1. The largest absolute Gasteiger partial charge is 0.507 e. The number of carbonyl (C=O) groups excluding carboxylic acids is 2. The van der Waals surface area contributed by atoms with Crippen molar-refractivity contribution in [3.8, 4) is 11.5 Å². The summed E-state index contributed by atoms with van der Waals surface area (Å²) in [6, 6.07) is 14.5. The lowest BCUT2D eigenvalue weighted by Crippen LogP contribution is -2.37. The second-order valence-corrected chi connectivity index (χ2v) is 9.85. The molecule has 1 aliphatic carbocycles. The van der Waals surface area contributed by atoms with Crippen molar-refractivity contribution in [3.63, 3.8) is 0 Å². The molecule has 7 nitrogen and oxygen atoms in total. The standard InChI is InChI=1S/C17H27NO3.C15H14O3.ClH/c1-2-3-12-20-16-5-7-17(8-6-16)21-13-4-9-18-10-14-19-15-11-18;1-9(2)7-8-12-13(16)10-5-3-4-6-11(10)14(17)15(12)18;/h5-8H,2-4,9-15H2,1H3;3-7,16H,8H2,1-2H3;1H. The van der Waals surface area contributed by atoms with Crippen molar-refractivity contribution in [2.45, 2.75) is 46.5 Å². The molecule has 0 spiro atoms. The van der Waals surface area contributed by atoms with E-state index in [0.717, 1.165) is 82.4 Å². The van der Waals surface area contributed by atoms with Gasteiger partial charge in [-0.05, 0) is 57.4 Å². The summed E-state index contributed by atoms with van der Waals surface area (Å²) in [6.07, 6.45) is 5.41. The first-order valence-electron chi connectivity index (χ1n) is 13.8. The summed E-state index contributed by atoms with van der Waals surface area (Å²) in [7, 11) is 0. The molecule has 2 aromatic rings. The molecule has 40 heavy (non-hydrogen) atoms. The highest BCUT2D eigenvalue weighted by molar-refractivity contribution is 6.52. The normalized spacial score (nSPS) is 14.9. The summed E-state index contributed by atoms with van der Waals surface area (Å²) in [5, 5.41) is 10.1. The topological polar surface area (TPSA) is 85.3 Å². The minimum Gasteiger partial charge on any atom is -0.507 e. The van der Waals surface area contributed by atoms with Crippen molar-refractivity contribution >= 4 is 29.7 Å². The van der Waals surface area contributed by atoms with Gasteiger partial charge in [0.1, 0.15) is 17.3 Å². The Hall–Kier alpha value is -3.13. The maximum Gasteiger partial charge on any atom is 0.234 e. The maximum atomic E-state index is 11.9. The molecule has 0 unspecified atom stereocenters. The van der Waals surface area contributed by atoms with Crippen LogP contribution in [0.2, 0.25) is 0 Å². The predicted molar refractivity (Wildman–Crippen MR) is 161 cm³/mol. The van der Waals surface area contributed by atoms with Gasteiger partial charge in [-0.2, -0.15) is 0 Å². The first kappa shape index (κ1) is 33.1. The molecule has 0 aromatic heterocycles. The summed E-state index contributed by atoms with van der Waals surface area (Å²) < 4.78 is 16.7. The van der Waals surface area contributed by atoms with Crippen molar-refractivity contribution < 1.29 is 28.9 Å². The molecule has 0 atom stereocenters. The van der Waals surface area contributed by atoms with E-state index in [4.69, 9.17) is 14.2 Å². The van der Waals surface area contributed by atoms with Crippen LogP contribution in [0.3, 0.4) is 0 Å². The molecule has 0 amide bonds. The molecule has 0 bridgehead atoms. The molecule has 218 valence electrons. The highest BCUT2D eigenvalue weighted by Gasteiger charge is 2.31. The molecule has 1 aliphatic heterocycles. The van der Waals surface area contributed by atoms with Crippen LogP contribution in [0.5, 0.6) is 11.5 Å². The Kier molecular flexibility index (Phi) is 14.5. The van der Waals surface area contributed by atoms with Gasteiger partial charge in [-0.15, -0.1) is 12.4 Å². The van der Waals surface area contributed by atoms with Crippen LogP contribution < -0.4 is 9.47 Å². The fraction of sp³-hybridized carbons (Fsp3) is 0.438. The molecular formula is C32H42ClNO6. The third-order valence-electron chi connectivity index (χ3n) is 6.49. The average molecular weight is 572 g/mol. The van der Waals surface area contributed by atoms with Crippen LogP contribution in [0.4, 0.5) is 0 Å². The Labute approximate surface area is 244 Å². The number of nitrogens with zero attached hydrogens (tertiary/aromatic N) is 1. The molecule has 2 aliphatic rings. The predicted octanol–water partition coefficient (Wildman–Crippen LogP) is 6.47. The lowest BCUT2D eigenvalue weighted by atomic mass is 9.87. The molecule has 1 N–H and O–H groups in total. The van der Waals surface area contributed by atoms with E-state index in [1.165, 1.54) is 0 Å². The zero-order chi connectivity index (χ0) is 28.0. The monoisotopic (exact) mass is 571 g/mol. The molecule has 8 heteroatoms. The number of ketones is 2. The minimum atomic E-state index is -0.608. The number of carbonyl (C=O) groups is 2. The molecule has 1 saturated heterocycles. The Morgan fingerprint density at radius 2 is 1.48 bits per heavy atom. The van der Waals surface area contributed by atoms with Gasteiger partial charge in [-0.1, -0.05) is 49.3 Å². The summed E-state index contributed by atoms with van der Waals surface area (Å²) >= 11 is 0. The third kappa shape index (κ3) is 10.1. The summed E-state index contributed by atoms with van der Waals surface area (Å²) in [6.45, 7) is 12.4. The molecule has 0 radical (unpaired) electrons. The Balaban J connectivity index is 0.000000276. The Bertz CT molecular complexity index is 1150. The van der Waals surface area contributed by atoms with Gasteiger partial charge in [0.25, 0.3) is 0 Å². The van der Waals surface area contributed by atoms with E-state index in [0.29, 0.717) is 5.56 Å². The van der Waals surface area contributed by atoms with Crippen molar-refractivity contribution in [1.29, 1.82) is 0 Å². The van der Waals surface area contributed by atoms with E-state index in [1.807, 2.05) is 44.2 Å². The number of aliphatic hydroxyl groups excluding tert-OH is 1. The molecule has 0 saturated carbocycles. The Morgan fingerprint density at radius 1 is 0.900 bits per heavy atom. The smallest absolute Gasteiger partial charge is 0.234 e. The number of rotatable bonds is 11. The van der Waals surface area contributed by atoms with Crippen LogP contribution in [0, 0.1) is 0 Å². The number of fused-ring (bicyclic) bond motifs is 1. The molecule has 2 aromatic carbocycles. The van der Waals surface area contributed by atoms with Gasteiger partial charge in [-0.25, -0.2) is 0 Å². The van der Waals surface area contributed by atoms with Crippen LogP contribution in [0.1, 0.15) is 62.4 Å². The number of halogens is 1. The van der Waals surface area contributed by atoms with Gasteiger partial charge in [-0.3, -0.25) is 14.5 Å². The van der Waals surface area contributed by atoms with Gasteiger partial charge in [0.05, 0.1) is 26.4 Å². The quantitative estimate of drug-likeness (QED) is 0.188. The summed E-state index contributed by atoms with van der Waals surface area (Å²) in [4.78, 5) is 26.2. The van der Waals surface area contributed by atoms with Gasteiger partial charge < -0.3 is 19.3 Å². The first-order valence-corrected chi connectivity index (χ1v) is 13.8. The molecule has 1 heterocycles. The van der Waals surface area contributed by atoms with E-state index in [1.54, 1.807) is 24.3 Å². The van der Waals surface area contributed by atoms with Crippen LogP contribution >= 0.6 is 12.4 Å². The number of allylic oxidation sites excluding steroid dienone is 3. The number of benzene rings is 2. The number of ether oxygens (including phenoxy) is 3. The molecule has 1 fully saturated rings. The van der Waals surface area contributed by atoms with E-state index >= 15 is 0 Å². The van der Waals surface area contributed by atoms with Gasteiger partial charge in [0, 0.05) is 36.3 Å². The number of aliphatic hydroxyl groups is 1. The number of hydrogen-bond donors (Lipinski definition) is 1. The second-order valence-electron chi connectivity index (χ2n) is 9.85. The minimum absolute atomic E-state index is 0. The van der Waals surface area contributed by atoms with Crippen molar-refractivity contribution in [2.24, 2.45) is 0 Å². The van der Waals surface area contributed by atoms with E-state index in [2.05, 4.69) is 11.8 Å². The summed E-state index contributed by atoms with van der Waals surface area (Å²) in [5.74, 6) is 0.612. The second kappa shape index (κ2) is 17.5. The van der Waals surface area contributed by atoms with E-state index in [9.17, 15) is 14.7 Å². The highest BCUT2D eigenvalue weighted by Crippen LogP contribution is 2.29. The van der Waals surface area contributed by atoms with E-state index in [-0.39, 0.29) is 35.7 Å². The first-order chi connectivity index (χ1) is 18.9. The molecule has 4 rings (SSSR count). The van der Waals surface area contributed by atoms with Crippen LogP contribution in [-0.4, -0.2) is 67.6 Å². The fourth-order valence-corrected chi connectivity index (χ4v) is 4.18. The van der Waals surface area contributed by atoms with Crippen molar-refractivity contribution in [3.05, 3.63) is 76.9 Å². The lowest BCUT2D eigenvalue weighted by molar-refractivity contribution is -0.112. The van der Waals surface area contributed by atoms with Crippen LogP contribution in [-0.2, 0) is 9.53 Å². The fourth-order valence-electron chi connectivity index (χ4n) is 4.18. The number of morpholine rings is 1. The number of hydrogen-bond acceptors (Lipinski definition) is 7. The van der Waals surface area contributed by atoms with Crippen molar-refractivity contribution in [2.75, 3.05) is 46.1 Å². The van der Waals surface area contributed by atoms with Crippen LogP contribution in [0.15, 0.2) is 65.8 Å². The highest BCUT2D eigenvalue weighted by atomic mass is 35.5. The van der Waals surface area contributed by atoms with Gasteiger partial charge in [0.15, 0.2) is 0 Å². The maximum absolute atomic E-state index is 11.9.